The summed E-state index contributed by atoms with van der Waals surface area (Å²) in [6.45, 7) is 14.1. The lowest BCUT2D eigenvalue weighted by Crippen LogP contribution is -2.58. The molecule has 0 amide bonds. The summed E-state index contributed by atoms with van der Waals surface area (Å²) in [5.41, 5.74) is 0. The molecule has 1 heterocycles. The van der Waals surface area contributed by atoms with Gasteiger partial charge in [0.05, 0.1) is 0 Å². The highest BCUT2D eigenvalue weighted by atomic mass is 15.2. The Balaban J connectivity index is 2.42. The van der Waals surface area contributed by atoms with Crippen LogP contribution in [0.1, 0.15) is 66.7 Å². The third kappa shape index (κ3) is 4.89. The minimum absolute atomic E-state index is 0.709. The maximum Gasteiger partial charge on any atom is 0.0221 e. The van der Waals surface area contributed by atoms with Gasteiger partial charge < -0.3 is 5.32 Å². The first-order valence-corrected chi connectivity index (χ1v) is 8.07. The fourth-order valence-corrected chi connectivity index (χ4v) is 3.07. The van der Waals surface area contributed by atoms with Crippen molar-refractivity contribution in [3.05, 3.63) is 0 Å². The predicted octanol–water partition coefficient (Wildman–Crippen LogP) is 3.66. The van der Waals surface area contributed by atoms with E-state index in [2.05, 4.69) is 44.8 Å². The number of nitrogens with one attached hydrogen (secondary N) is 1. The molecule has 1 fully saturated rings. The van der Waals surface area contributed by atoms with Crippen molar-refractivity contribution in [2.24, 2.45) is 5.92 Å². The molecule has 2 heteroatoms. The predicted molar refractivity (Wildman–Crippen MR) is 81.0 cm³/mol. The van der Waals surface area contributed by atoms with Crippen molar-refractivity contribution < 1.29 is 0 Å². The van der Waals surface area contributed by atoms with Crippen LogP contribution in [0.3, 0.4) is 0 Å². The Morgan fingerprint density at radius 3 is 2.39 bits per heavy atom. The molecule has 1 aliphatic rings. The largest absolute Gasteiger partial charge is 0.311 e. The van der Waals surface area contributed by atoms with Crippen molar-refractivity contribution in [1.82, 2.24) is 10.2 Å². The third-order valence-electron chi connectivity index (χ3n) is 4.48. The number of piperazine rings is 1. The zero-order valence-corrected chi connectivity index (χ0v) is 13.2. The monoisotopic (exact) mass is 254 g/mol. The Labute approximate surface area is 115 Å². The molecule has 0 spiro atoms. The second kappa shape index (κ2) is 8.16. The van der Waals surface area contributed by atoms with Crippen molar-refractivity contribution in [1.29, 1.82) is 0 Å². The summed E-state index contributed by atoms with van der Waals surface area (Å²) in [5.74, 6) is 0.852. The highest BCUT2D eigenvalue weighted by Crippen LogP contribution is 2.19. The molecule has 0 aromatic carbocycles. The van der Waals surface area contributed by atoms with Gasteiger partial charge >= 0.3 is 0 Å². The smallest absolute Gasteiger partial charge is 0.0221 e. The van der Waals surface area contributed by atoms with Gasteiger partial charge in [0.2, 0.25) is 0 Å². The first-order chi connectivity index (χ1) is 8.58. The van der Waals surface area contributed by atoms with Crippen LogP contribution in [0.15, 0.2) is 0 Å². The van der Waals surface area contributed by atoms with Crippen molar-refractivity contribution in [3.8, 4) is 0 Å². The van der Waals surface area contributed by atoms with Gasteiger partial charge in [0.25, 0.3) is 0 Å². The van der Waals surface area contributed by atoms with E-state index in [-0.39, 0.29) is 0 Å². The second-order valence-corrected chi connectivity index (χ2v) is 6.45. The summed E-state index contributed by atoms with van der Waals surface area (Å²) >= 11 is 0. The Bertz CT molecular complexity index is 215. The van der Waals surface area contributed by atoms with Gasteiger partial charge in [-0.25, -0.2) is 0 Å². The molecule has 3 unspecified atom stereocenters. The fraction of sp³-hybridized carbons (Fsp3) is 1.00. The molecular weight excluding hydrogens is 220 g/mol. The molecule has 0 radical (unpaired) electrons. The first kappa shape index (κ1) is 16.0. The molecule has 0 bridgehead atoms. The van der Waals surface area contributed by atoms with E-state index in [0.29, 0.717) is 6.04 Å². The number of hydrogen-bond acceptors (Lipinski definition) is 2. The quantitative estimate of drug-likeness (QED) is 0.746. The van der Waals surface area contributed by atoms with E-state index in [0.717, 1.165) is 18.0 Å². The van der Waals surface area contributed by atoms with Gasteiger partial charge in [0, 0.05) is 31.2 Å². The summed E-state index contributed by atoms with van der Waals surface area (Å²) < 4.78 is 0. The molecule has 0 aromatic rings. The SMILES string of the molecule is CCC1CN(C(C)CCCC(C)C)C(CC)CN1. The van der Waals surface area contributed by atoms with Crippen molar-refractivity contribution >= 4 is 0 Å². The summed E-state index contributed by atoms with van der Waals surface area (Å²) in [7, 11) is 0. The molecule has 0 aromatic heterocycles. The summed E-state index contributed by atoms with van der Waals surface area (Å²) in [4.78, 5) is 2.77. The van der Waals surface area contributed by atoms with Crippen LogP contribution in [0, 0.1) is 5.92 Å². The lowest BCUT2D eigenvalue weighted by Gasteiger charge is -2.43. The van der Waals surface area contributed by atoms with Crippen molar-refractivity contribution in [3.63, 3.8) is 0 Å². The summed E-state index contributed by atoms with van der Waals surface area (Å²) in [6.07, 6.45) is 6.66. The van der Waals surface area contributed by atoms with Gasteiger partial charge in [-0.05, 0) is 32.1 Å². The highest BCUT2D eigenvalue weighted by Gasteiger charge is 2.28. The molecule has 108 valence electrons. The van der Waals surface area contributed by atoms with E-state index in [1.807, 2.05) is 0 Å². The standard InChI is InChI=1S/C16H34N2/c1-6-15-12-18(16(7-2)11-17-15)14(5)10-8-9-13(3)4/h13-17H,6-12H2,1-5H3. The van der Waals surface area contributed by atoms with Gasteiger partial charge in [-0.2, -0.15) is 0 Å². The minimum atomic E-state index is 0.709. The van der Waals surface area contributed by atoms with E-state index in [9.17, 15) is 0 Å². The van der Waals surface area contributed by atoms with Crippen LogP contribution in [0.2, 0.25) is 0 Å². The van der Waals surface area contributed by atoms with Crippen LogP contribution in [0.4, 0.5) is 0 Å². The number of nitrogens with zero attached hydrogens (tertiary/aromatic N) is 1. The van der Waals surface area contributed by atoms with E-state index in [1.165, 1.54) is 45.2 Å². The Morgan fingerprint density at radius 2 is 1.83 bits per heavy atom. The maximum absolute atomic E-state index is 3.69. The van der Waals surface area contributed by atoms with Crippen LogP contribution in [0.5, 0.6) is 0 Å². The molecule has 1 rings (SSSR count). The first-order valence-electron chi connectivity index (χ1n) is 8.07. The molecular formula is C16H34N2. The Hall–Kier alpha value is -0.0800. The van der Waals surface area contributed by atoms with Crippen LogP contribution in [-0.4, -0.2) is 36.1 Å². The van der Waals surface area contributed by atoms with E-state index in [4.69, 9.17) is 0 Å². The topological polar surface area (TPSA) is 15.3 Å². The molecule has 18 heavy (non-hydrogen) atoms. The minimum Gasteiger partial charge on any atom is -0.311 e. The normalized spacial score (nSPS) is 27.7. The molecule has 2 nitrogen and oxygen atoms in total. The average Bonchev–Trinajstić information content (AvgIpc) is 2.37. The molecule has 1 saturated heterocycles. The van der Waals surface area contributed by atoms with Crippen LogP contribution >= 0.6 is 0 Å². The number of hydrogen-bond donors (Lipinski definition) is 1. The number of rotatable bonds is 7. The van der Waals surface area contributed by atoms with Gasteiger partial charge in [0.15, 0.2) is 0 Å². The molecule has 1 N–H and O–H groups in total. The zero-order valence-electron chi connectivity index (χ0n) is 13.2. The lowest BCUT2D eigenvalue weighted by molar-refractivity contribution is 0.0795. The van der Waals surface area contributed by atoms with E-state index in [1.54, 1.807) is 0 Å². The second-order valence-electron chi connectivity index (χ2n) is 6.45. The van der Waals surface area contributed by atoms with Crippen LogP contribution in [0.25, 0.3) is 0 Å². The molecule has 0 aliphatic carbocycles. The van der Waals surface area contributed by atoms with Gasteiger partial charge in [-0.15, -0.1) is 0 Å². The maximum atomic E-state index is 3.69. The van der Waals surface area contributed by atoms with Gasteiger partial charge in [-0.1, -0.05) is 40.5 Å². The van der Waals surface area contributed by atoms with Crippen molar-refractivity contribution in [2.45, 2.75) is 84.8 Å². The third-order valence-corrected chi connectivity index (χ3v) is 4.48. The molecule has 1 aliphatic heterocycles. The fourth-order valence-electron chi connectivity index (χ4n) is 3.07. The lowest BCUT2D eigenvalue weighted by atomic mass is 9.98. The van der Waals surface area contributed by atoms with Crippen molar-refractivity contribution in [2.75, 3.05) is 13.1 Å². The Kier molecular flexibility index (Phi) is 7.25. The van der Waals surface area contributed by atoms with Crippen LogP contribution in [-0.2, 0) is 0 Å². The average molecular weight is 254 g/mol. The van der Waals surface area contributed by atoms with E-state index >= 15 is 0 Å². The Morgan fingerprint density at radius 1 is 1.11 bits per heavy atom. The highest BCUT2D eigenvalue weighted by molar-refractivity contribution is 4.87. The van der Waals surface area contributed by atoms with Crippen LogP contribution < -0.4 is 5.32 Å². The zero-order chi connectivity index (χ0) is 13.5. The summed E-state index contributed by atoms with van der Waals surface area (Å²) in [6, 6.07) is 2.21. The molecule has 3 atom stereocenters. The molecule has 0 saturated carbocycles. The summed E-state index contributed by atoms with van der Waals surface area (Å²) in [5, 5.41) is 3.69. The van der Waals surface area contributed by atoms with Gasteiger partial charge in [0.1, 0.15) is 0 Å². The van der Waals surface area contributed by atoms with E-state index < -0.39 is 0 Å². The van der Waals surface area contributed by atoms with Gasteiger partial charge in [-0.3, -0.25) is 4.90 Å².